The first kappa shape index (κ1) is 18.2. The molecule has 1 unspecified atom stereocenters. The highest BCUT2D eigenvalue weighted by Crippen LogP contribution is 2.14. The molecular weight excluding hydrogens is 328 g/mol. The molecule has 0 aliphatic carbocycles. The molecule has 0 saturated carbocycles. The van der Waals surface area contributed by atoms with Crippen LogP contribution < -0.4 is 5.32 Å². The fourth-order valence-electron chi connectivity index (χ4n) is 3.35. The summed E-state index contributed by atoms with van der Waals surface area (Å²) >= 11 is 0. The van der Waals surface area contributed by atoms with Crippen LogP contribution in [0.2, 0.25) is 0 Å². The molecule has 1 aromatic heterocycles. The van der Waals surface area contributed by atoms with Gasteiger partial charge in [-0.25, -0.2) is 0 Å². The Morgan fingerprint density at radius 3 is 2.38 bits per heavy atom. The average molecular weight is 354 g/mol. The van der Waals surface area contributed by atoms with E-state index in [0.29, 0.717) is 12.1 Å². The molecule has 138 valence electrons. The van der Waals surface area contributed by atoms with Crippen LogP contribution in [0.5, 0.6) is 0 Å². The Bertz CT molecular complexity index is 789. The standard InChI is InChI=1S/C20H26N4O2/c1-14-12-15(2)24(22-14)16(3)19(25)21-13-17-6-8-18(9-7-17)20(26)23-10-4-5-11-23/h6-9,12,16H,4-5,10-11,13H2,1-3H3,(H,21,25). The average Bonchev–Trinajstić information content (AvgIpc) is 3.28. The lowest BCUT2D eigenvalue weighted by atomic mass is 10.1. The van der Waals surface area contributed by atoms with Gasteiger partial charge in [0.05, 0.1) is 5.69 Å². The number of carbonyl (C=O) groups is 2. The van der Waals surface area contributed by atoms with Gasteiger partial charge in [0, 0.05) is 30.9 Å². The summed E-state index contributed by atoms with van der Waals surface area (Å²) in [5.74, 6) is 0.0182. The van der Waals surface area contributed by atoms with Gasteiger partial charge < -0.3 is 10.2 Å². The maximum atomic E-state index is 12.4. The maximum absolute atomic E-state index is 12.4. The number of aromatic nitrogens is 2. The van der Waals surface area contributed by atoms with E-state index in [4.69, 9.17) is 0 Å². The Morgan fingerprint density at radius 1 is 1.15 bits per heavy atom. The van der Waals surface area contributed by atoms with E-state index < -0.39 is 0 Å². The van der Waals surface area contributed by atoms with Crippen molar-refractivity contribution in [2.75, 3.05) is 13.1 Å². The molecule has 1 N–H and O–H groups in total. The molecule has 6 nitrogen and oxygen atoms in total. The van der Waals surface area contributed by atoms with Crippen LogP contribution in [-0.4, -0.2) is 39.6 Å². The number of carbonyl (C=O) groups excluding carboxylic acids is 2. The van der Waals surface area contributed by atoms with Gasteiger partial charge in [0.25, 0.3) is 5.91 Å². The molecule has 1 atom stereocenters. The fraction of sp³-hybridized carbons (Fsp3) is 0.450. The van der Waals surface area contributed by atoms with Crippen LogP contribution >= 0.6 is 0 Å². The first-order chi connectivity index (χ1) is 12.5. The molecular formula is C20H26N4O2. The third kappa shape index (κ3) is 3.95. The van der Waals surface area contributed by atoms with Crippen molar-refractivity contribution in [1.29, 1.82) is 0 Å². The maximum Gasteiger partial charge on any atom is 0.253 e. The number of hydrogen-bond acceptors (Lipinski definition) is 3. The summed E-state index contributed by atoms with van der Waals surface area (Å²) in [5.41, 5.74) is 3.55. The summed E-state index contributed by atoms with van der Waals surface area (Å²) in [6.45, 7) is 7.83. The zero-order valence-corrected chi connectivity index (χ0v) is 15.7. The summed E-state index contributed by atoms with van der Waals surface area (Å²) in [7, 11) is 0. The number of amides is 2. The Labute approximate surface area is 154 Å². The number of rotatable bonds is 5. The molecule has 2 aromatic rings. The number of likely N-dealkylation sites (tertiary alicyclic amines) is 1. The van der Waals surface area contributed by atoms with Crippen molar-refractivity contribution in [1.82, 2.24) is 20.0 Å². The number of nitrogens with zero attached hydrogens (tertiary/aromatic N) is 3. The van der Waals surface area contributed by atoms with E-state index in [0.717, 1.165) is 42.9 Å². The van der Waals surface area contributed by atoms with Crippen LogP contribution in [-0.2, 0) is 11.3 Å². The third-order valence-corrected chi connectivity index (χ3v) is 4.85. The summed E-state index contributed by atoms with van der Waals surface area (Å²) in [5, 5.41) is 7.31. The highest BCUT2D eigenvalue weighted by Gasteiger charge is 2.20. The molecule has 1 saturated heterocycles. The number of benzene rings is 1. The van der Waals surface area contributed by atoms with Crippen LogP contribution in [0.15, 0.2) is 30.3 Å². The zero-order valence-electron chi connectivity index (χ0n) is 15.7. The van der Waals surface area contributed by atoms with Crippen molar-refractivity contribution in [3.63, 3.8) is 0 Å². The van der Waals surface area contributed by atoms with Gasteiger partial charge in [-0.2, -0.15) is 5.10 Å². The summed E-state index contributed by atoms with van der Waals surface area (Å²) < 4.78 is 1.74. The Hall–Kier alpha value is -2.63. The zero-order chi connectivity index (χ0) is 18.7. The van der Waals surface area contributed by atoms with Crippen LogP contribution in [0.25, 0.3) is 0 Å². The molecule has 0 spiro atoms. The van der Waals surface area contributed by atoms with E-state index in [2.05, 4.69) is 10.4 Å². The molecule has 3 rings (SSSR count). The Morgan fingerprint density at radius 2 is 1.81 bits per heavy atom. The molecule has 1 aliphatic rings. The lowest BCUT2D eigenvalue weighted by molar-refractivity contribution is -0.124. The summed E-state index contributed by atoms with van der Waals surface area (Å²) in [4.78, 5) is 26.6. The Kier molecular flexibility index (Phi) is 5.40. The molecule has 2 amide bonds. The predicted octanol–water partition coefficient (Wildman–Crippen LogP) is 2.61. The van der Waals surface area contributed by atoms with Crippen molar-refractivity contribution in [2.45, 2.75) is 46.2 Å². The highest BCUT2D eigenvalue weighted by molar-refractivity contribution is 5.94. The second kappa shape index (κ2) is 7.72. The molecule has 0 radical (unpaired) electrons. The quantitative estimate of drug-likeness (QED) is 0.897. The van der Waals surface area contributed by atoms with Gasteiger partial charge in [0.1, 0.15) is 6.04 Å². The van der Waals surface area contributed by atoms with Crippen molar-refractivity contribution >= 4 is 11.8 Å². The lowest BCUT2D eigenvalue weighted by Crippen LogP contribution is -2.31. The van der Waals surface area contributed by atoms with Gasteiger partial charge >= 0.3 is 0 Å². The second-order valence-electron chi connectivity index (χ2n) is 6.96. The van der Waals surface area contributed by atoms with Gasteiger partial charge in [-0.15, -0.1) is 0 Å². The van der Waals surface area contributed by atoms with E-state index in [-0.39, 0.29) is 17.9 Å². The largest absolute Gasteiger partial charge is 0.350 e. The Balaban J connectivity index is 1.56. The molecule has 26 heavy (non-hydrogen) atoms. The minimum atomic E-state index is -0.361. The van der Waals surface area contributed by atoms with Gasteiger partial charge in [-0.1, -0.05) is 12.1 Å². The van der Waals surface area contributed by atoms with E-state index in [1.54, 1.807) is 4.68 Å². The van der Waals surface area contributed by atoms with E-state index in [1.807, 2.05) is 56.0 Å². The minimum absolute atomic E-state index is 0.0755. The monoisotopic (exact) mass is 354 g/mol. The number of nitrogens with one attached hydrogen (secondary N) is 1. The second-order valence-corrected chi connectivity index (χ2v) is 6.96. The van der Waals surface area contributed by atoms with Gasteiger partial charge in [-0.3, -0.25) is 14.3 Å². The highest BCUT2D eigenvalue weighted by atomic mass is 16.2. The number of hydrogen-bond donors (Lipinski definition) is 1. The van der Waals surface area contributed by atoms with E-state index in [1.165, 1.54) is 0 Å². The van der Waals surface area contributed by atoms with Crippen molar-refractivity contribution in [2.24, 2.45) is 0 Å². The van der Waals surface area contributed by atoms with Crippen molar-refractivity contribution in [3.05, 3.63) is 52.8 Å². The number of aryl methyl sites for hydroxylation is 2. The SMILES string of the molecule is Cc1cc(C)n(C(C)C(=O)NCc2ccc(C(=O)N3CCCC3)cc2)n1. The fourth-order valence-corrected chi connectivity index (χ4v) is 3.35. The predicted molar refractivity (Wildman–Crippen MR) is 99.8 cm³/mol. The summed E-state index contributed by atoms with van der Waals surface area (Å²) in [6, 6.07) is 9.08. The van der Waals surface area contributed by atoms with Gasteiger partial charge in [0.15, 0.2) is 0 Å². The van der Waals surface area contributed by atoms with Crippen LogP contribution in [0.4, 0.5) is 0 Å². The smallest absolute Gasteiger partial charge is 0.253 e. The molecule has 2 heterocycles. The van der Waals surface area contributed by atoms with Crippen molar-refractivity contribution < 1.29 is 9.59 Å². The van der Waals surface area contributed by atoms with Crippen LogP contribution in [0.3, 0.4) is 0 Å². The van der Waals surface area contributed by atoms with Crippen molar-refractivity contribution in [3.8, 4) is 0 Å². The molecule has 1 aliphatic heterocycles. The molecule has 1 fully saturated rings. The third-order valence-electron chi connectivity index (χ3n) is 4.85. The van der Waals surface area contributed by atoms with Crippen LogP contribution in [0, 0.1) is 13.8 Å². The van der Waals surface area contributed by atoms with Crippen LogP contribution in [0.1, 0.15) is 53.1 Å². The minimum Gasteiger partial charge on any atom is -0.350 e. The molecule has 6 heteroatoms. The van der Waals surface area contributed by atoms with Gasteiger partial charge in [-0.05, 0) is 57.4 Å². The normalized spacial score (nSPS) is 15.1. The van der Waals surface area contributed by atoms with E-state index >= 15 is 0 Å². The lowest BCUT2D eigenvalue weighted by Gasteiger charge is -2.16. The van der Waals surface area contributed by atoms with E-state index in [9.17, 15) is 9.59 Å². The molecule has 1 aromatic carbocycles. The molecule has 0 bridgehead atoms. The summed E-state index contributed by atoms with van der Waals surface area (Å²) in [6.07, 6.45) is 2.17. The topological polar surface area (TPSA) is 67.2 Å². The first-order valence-corrected chi connectivity index (χ1v) is 9.14. The first-order valence-electron chi connectivity index (χ1n) is 9.14. The van der Waals surface area contributed by atoms with Gasteiger partial charge in [0.2, 0.25) is 5.91 Å².